The second-order valence-corrected chi connectivity index (χ2v) is 4.99. The molecule has 1 heterocycles. The van der Waals surface area contributed by atoms with Gasteiger partial charge in [0.1, 0.15) is 0 Å². The Balaban J connectivity index is 2.76. The van der Waals surface area contributed by atoms with Gasteiger partial charge in [0.2, 0.25) is 0 Å². The summed E-state index contributed by atoms with van der Waals surface area (Å²) in [7, 11) is 0. The van der Waals surface area contributed by atoms with E-state index in [2.05, 4.69) is 35.5 Å². The van der Waals surface area contributed by atoms with Gasteiger partial charge in [-0.15, -0.1) is 0 Å². The fourth-order valence-corrected chi connectivity index (χ4v) is 3.92. The van der Waals surface area contributed by atoms with Crippen LogP contribution in [0.2, 0.25) is 5.82 Å². The molecule has 0 saturated heterocycles. The van der Waals surface area contributed by atoms with E-state index in [9.17, 15) is 0 Å². The van der Waals surface area contributed by atoms with Crippen molar-refractivity contribution in [3.05, 3.63) is 29.6 Å². The molecule has 0 nitrogen and oxygen atoms in total. The van der Waals surface area contributed by atoms with Gasteiger partial charge in [-0.3, -0.25) is 0 Å². The van der Waals surface area contributed by atoms with Gasteiger partial charge in [0.25, 0.3) is 0 Å². The summed E-state index contributed by atoms with van der Waals surface area (Å²) in [4.78, 5) is 0. The minimum atomic E-state index is 0.638. The van der Waals surface area contributed by atoms with Crippen LogP contribution in [0.15, 0.2) is 29.6 Å². The Morgan fingerprint density at radius 2 is 2.09 bits per heavy atom. The first kappa shape index (κ1) is 7.35. The summed E-state index contributed by atoms with van der Waals surface area (Å²) in [5.41, 5.74) is 0. The molecule has 0 radical (unpaired) electrons. The number of benzene rings is 1. The fourth-order valence-electron chi connectivity index (χ4n) is 1.11. The average Bonchev–Trinajstić information content (AvgIpc) is 2.47. The molecule has 0 atom stereocenters. The van der Waals surface area contributed by atoms with Crippen LogP contribution in [0.25, 0.3) is 10.1 Å². The molecule has 0 saturated carbocycles. The number of fused-ring (bicyclic) bond motifs is 1. The Morgan fingerprint density at radius 3 is 2.91 bits per heavy atom. The average molecular weight is 227 g/mol. The molecule has 1 aromatic heterocycles. The number of thiophene rings is 1. The summed E-state index contributed by atoms with van der Waals surface area (Å²) in [6.07, 6.45) is 0. The first-order valence-corrected chi connectivity index (χ1v) is 6.87. The third-order valence-electron chi connectivity index (χ3n) is 1.67. The molecular weight excluding hydrogens is 219 g/mol. The van der Waals surface area contributed by atoms with E-state index in [1.165, 1.54) is 14.5 Å². The molecule has 2 aromatic rings. The predicted molar refractivity (Wildman–Crippen MR) is 53.1 cm³/mol. The summed E-state index contributed by atoms with van der Waals surface area (Å²) in [6.45, 7) is 0. The Bertz CT molecular complexity index is 364. The zero-order valence-electron chi connectivity index (χ0n) is 6.20. The van der Waals surface area contributed by atoms with Crippen molar-refractivity contribution < 1.29 is 0 Å². The van der Waals surface area contributed by atoms with Gasteiger partial charge in [-0.1, -0.05) is 0 Å². The normalized spacial score (nSPS) is 10.6. The van der Waals surface area contributed by atoms with Crippen LogP contribution < -0.4 is 4.46 Å². The second-order valence-electron chi connectivity index (χ2n) is 2.30. The summed E-state index contributed by atoms with van der Waals surface area (Å²) in [5, 5.41) is 3.74. The summed E-state index contributed by atoms with van der Waals surface area (Å²) in [6, 6.07) is 8.62. The van der Waals surface area contributed by atoms with E-state index >= 15 is 0 Å². The van der Waals surface area contributed by atoms with E-state index in [1.807, 2.05) is 11.3 Å². The molecular formula is C9H8SSe. The summed E-state index contributed by atoms with van der Waals surface area (Å²) >= 11 is 2.49. The number of hydrogen-bond donors (Lipinski definition) is 0. The molecule has 0 aliphatic carbocycles. The molecule has 1 aromatic carbocycles. The van der Waals surface area contributed by atoms with Gasteiger partial charge in [0.05, 0.1) is 0 Å². The molecule has 2 rings (SSSR count). The fraction of sp³-hybridized carbons (Fsp3) is 0.111. The van der Waals surface area contributed by atoms with Crippen LogP contribution in [-0.2, 0) is 0 Å². The second kappa shape index (κ2) is 2.98. The quantitative estimate of drug-likeness (QED) is 0.656. The Hall–Kier alpha value is -0.301. The van der Waals surface area contributed by atoms with Crippen molar-refractivity contribution >= 4 is 40.8 Å². The molecule has 0 bridgehead atoms. The number of hydrogen-bond acceptors (Lipinski definition) is 1. The van der Waals surface area contributed by atoms with Crippen molar-refractivity contribution in [2.45, 2.75) is 5.82 Å². The topological polar surface area (TPSA) is 0 Å². The van der Waals surface area contributed by atoms with E-state index in [0.717, 1.165) is 0 Å². The van der Waals surface area contributed by atoms with Crippen LogP contribution in [0.4, 0.5) is 0 Å². The van der Waals surface area contributed by atoms with Gasteiger partial charge in [-0.25, -0.2) is 0 Å². The SMILES string of the molecule is C[Se]c1csc2ccccc12. The standard InChI is InChI=1S/C9H8SSe/c1-11-9-6-10-8-5-3-2-4-7(8)9/h2-6H,1H3. The molecule has 2 heteroatoms. The van der Waals surface area contributed by atoms with E-state index in [-0.39, 0.29) is 0 Å². The van der Waals surface area contributed by atoms with Crippen LogP contribution in [0.3, 0.4) is 0 Å². The van der Waals surface area contributed by atoms with Gasteiger partial charge in [-0.2, -0.15) is 0 Å². The first-order valence-electron chi connectivity index (χ1n) is 3.42. The van der Waals surface area contributed by atoms with E-state index < -0.39 is 0 Å². The van der Waals surface area contributed by atoms with Crippen LogP contribution in [0.5, 0.6) is 0 Å². The van der Waals surface area contributed by atoms with Gasteiger partial charge in [0, 0.05) is 0 Å². The van der Waals surface area contributed by atoms with Gasteiger partial charge in [-0.05, 0) is 0 Å². The molecule has 0 aliphatic rings. The van der Waals surface area contributed by atoms with Gasteiger partial charge < -0.3 is 0 Å². The zero-order chi connectivity index (χ0) is 7.68. The molecule has 0 spiro atoms. The van der Waals surface area contributed by atoms with Crippen LogP contribution in [0.1, 0.15) is 0 Å². The molecule has 0 amide bonds. The molecule has 0 N–H and O–H groups in total. The Labute approximate surface area is 76.4 Å². The van der Waals surface area contributed by atoms with Crippen molar-refractivity contribution in [2.24, 2.45) is 0 Å². The van der Waals surface area contributed by atoms with Crippen molar-refractivity contribution in [1.82, 2.24) is 0 Å². The molecule has 0 unspecified atom stereocenters. The summed E-state index contributed by atoms with van der Waals surface area (Å²) in [5.74, 6) is 2.27. The molecule has 0 aliphatic heterocycles. The van der Waals surface area contributed by atoms with Crippen molar-refractivity contribution in [3.8, 4) is 0 Å². The maximum absolute atomic E-state index is 2.28. The molecule has 56 valence electrons. The summed E-state index contributed by atoms with van der Waals surface area (Å²) < 4.78 is 2.96. The van der Waals surface area contributed by atoms with E-state index in [1.54, 1.807) is 0 Å². The van der Waals surface area contributed by atoms with Crippen molar-refractivity contribution in [2.75, 3.05) is 0 Å². The minimum absolute atomic E-state index is 0.638. The Kier molecular flexibility index (Phi) is 1.99. The van der Waals surface area contributed by atoms with E-state index in [0.29, 0.717) is 15.0 Å². The van der Waals surface area contributed by atoms with Crippen LogP contribution >= 0.6 is 11.3 Å². The van der Waals surface area contributed by atoms with E-state index in [4.69, 9.17) is 0 Å². The Morgan fingerprint density at radius 1 is 1.27 bits per heavy atom. The number of rotatable bonds is 1. The predicted octanol–water partition coefficient (Wildman–Crippen LogP) is 2.28. The molecule has 11 heavy (non-hydrogen) atoms. The monoisotopic (exact) mass is 228 g/mol. The van der Waals surface area contributed by atoms with Crippen LogP contribution in [0, 0.1) is 0 Å². The van der Waals surface area contributed by atoms with Crippen LogP contribution in [-0.4, -0.2) is 15.0 Å². The third kappa shape index (κ3) is 1.22. The first-order chi connectivity index (χ1) is 5.42. The van der Waals surface area contributed by atoms with Crippen molar-refractivity contribution in [3.63, 3.8) is 0 Å². The van der Waals surface area contributed by atoms with Crippen molar-refractivity contribution in [1.29, 1.82) is 0 Å². The molecule has 0 fully saturated rings. The third-order valence-corrected chi connectivity index (χ3v) is 4.60. The van der Waals surface area contributed by atoms with Gasteiger partial charge in [0.15, 0.2) is 0 Å². The van der Waals surface area contributed by atoms with Gasteiger partial charge >= 0.3 is 76.3 Å². The zero-order valence-corrected chi connectivity index (χ0v) is 8.73. The maximum atomic E-state index is 2.28.